The first-order valence-corrected chi connectivity index (χ1v) is 5.99. The number of hydrogen-bond acceptors (Lipinski definition) is 4. The summed E-state index contributed by atoms with van der Waals surface area (Å²) in [7, 11) is 2.86. The summed E-state index contributed by atoms with van der Waals surface area (Å²) in [6.07, 6.45) is 3.12. The van der Waals surface area contributed by atoms with Crippen LogP contribution in [0.4, 0.5) is 0 Å². The molecule has 0 spiro atoms. The van der Waals surface area contributed by atoms with Gasteiger partial charge in [-0.15, -0.1) is 0 Å². The third-order valence-electron chi connectivity index (χ3n) is 3.39. The van der Waals surface area contributed by atoms with Gasteiger partial charge >= 0.3 is 5.97 Å². The van der Waals surface area contributed by atoms with Crippen LogP contribution in [0.3, 0.4) is 0 Å². The summed E-state index contributed by atoms with van der Waals surface area (Å²) in [5.74, 6) is 0.0443. The lowest BCUT2D eigenvalue weighted by Crippen LogP contribution is -2.34. The summed E-state index contributed by atoms with van der Waals surface area (Å²) >= 11 is 0. The Morgan fingerprint density at radius 3 is 2.58 bits per heavy atom. The summed E-state index contributed by atoms with van der Waals surface area (Å²) < 4.78 is 10.2. The van der Waals surface area contributed by atoms with Crippen LogP contribution in [0.5, 0.6) is 5.75 Å². The highest BCUT2D eigenvalue weighted by Crippen LogP contribution is 2.41. The van der Waals surface area contributed by atoms with Gasteiger partial charge in [0, 0.05) is 12.0 Å². The zero-order chi connectivity index (χ0) is 14.0. The molecule has 0 radical (unpaired) electrons. The lowest BCUT2D eigenvalue weighted by Gasteiger charge is -2.26. The second-order valence-electron chi connectivity index (χ2n) is 4.64. The van der Waals surface area contributed by atoms with Gasteiger partial charge in [0.1, 0.15) is 11.2 Å². The molecule has 19 heavy (non-hydrogen) atoms. The SMILES string of the molecule is COC(=O)C1(c2cc(C)ccc2OC)C=CC(=O)C1. The van der Waals surface area contributed by atoms with E-state index in [2.05, 4.69) is 0 Å². The van der Waals surface area contributed by atoms with E-state index < -0.39 is 11.4 Å². The Labute approximate surface area is 112 Å². The number of aryl methyl sites for hydroxylation is 1. The molecule has 0 N–H and O–H groups in total. The molecule has 0 aliphatic heterocycles. The second-order valence-corrected chi connectivity index (χ2v) is 4.64. The van der Waals surface area contributed by atoms with Crippen molar-refractivity contribution in [2.24, 2.45) is 0 Å². The molecular formula is C15H16O4. The van der Waals surface area contributed by atoms with Crippen LogP contribution >= 0.6 is 0 Å². The van der Waals surface area contributed by atoms with E-state index in [1.54, 1.807) is 19.3 Å². The highest BCUT2D eigenvalue weighted by atomic mass is 16.5. The molecule has 1 aliphatic rings. The summed E-state index contributed by atoms with van der Waals surface area (Å²) in [4.78, 5) is 23.8. The smallest absolute Gasteiger partial charge is 0.320 e. The molecule has 1 unspecified atom stereocenters. The number of ketones is 1. The van der Waals surface area contributed by atoms with Gasteiger partial charge in [-0.25, -0.2) is 0 Å². The van der Waals surface area contributed by atoms with Gasteiger partial charge in [0.15, 0.2) is 5.78 Å². The molecule has 1 aromatic rings. The third kappa shape index (κ3) is 2.14. The van der Waals surface area contributed by atoms with Gasteiger partial charge in [0.05, 0.1) is 14.2 Å². The highest BCUT2D eigenvalue weighted by molar-refractivity contribution is 6.03. The van der Waals surface area contributed by atoms with Gasteiger partial charge in [-0.2, -0.15) is 0 Å². The quantitative estimate of drug-likeness (QED) is 0.779. The van der Waals surface area contributed by atoms with E-state index >= 15 is 0 Å². The fourth-order valence-corrected chi connectivity index (χ4v) is 2.42. The summed E-state index contributed by atoms with van der Waals surface area (Å²) in [6, 6.07) is 5.55. The Morgan fingerprint density at radius 1 is 1.32 bits per heavy atom. The van der Waals surface area contributed by atoms with Crippen molar-refractivity contribution in [3.05, 3.63) is 41.5 Å². The molecule has 1 aromatic carbocycles. The fraction of sp³-hybridized carbons (Fsp3) is 0.333. The molecule has 4 heteroatoms. The van der Waals surface area contributed by atoms with Crippen LogP contribution in [0.2, 0.25) is 0 Å². The van der Waals surface area contributed by atoms with E-state index in [1.807, 2.05) is 19.1 Å². The number of ether oxygens (including phenoxy) is 2. The first-order valence-electron chi connectivity index (χ1n) is 5.99. The summed E-state index contributed by atoms with van der Waals surface area (Å²) in [5.41, 5.74) is 0.596. The molecule has 100 valence electrons. The molecule has 0 fully saturated rings. The van der Waals surface area contributed by atoms with Crippen molar-refractivity contribution in [3.8, 4) is 5.75 Å². The minimum absolute atomic E-state index is 0.0828. The predicted octanol–water partition coefficient (Wildman–Crippen LogP) is 1.94. The zero-order valence-electron chi connectivity index (χ0n) is 11.2. The van der Waals surface area contributed by atoms with E-state index in [1.165, 1.54) is 13.2 Å². The number of carbonyl (C=O) groups is 2. The van der Waals surface area contributed by atoms with E-state index in [0.29, 0.717) is 11.3 Å². The van der Waals surface area contributed by atoms with Crippen LogP contribution in [-0.4, -0.2) is 26.0 Å². The van der Waals surface area contributed by atoms with Gasteiger partial charge in [0.2, 0.25) is 0 Å². The van der Waals surface area contributed by atoms with E-state index in [-0.39, 0.29) is 12.2 Å². The van der Waals surface area contributed by atoms with Gasteiger partial charge < -0.3 is 9.47 Å². The molecule has 0 heterocycles. The molecule has 0 amide bonds. The molecule has 1 atom stereocenters. The average molecular weight is 260 g/mol. The summed E-state index contributed by atoms with van der Waals surface area (Å²) in [5, 5.41) is 0. The Balaban J connectivity index is 2.63. The standard InChI is InChI=1S/C15H16O4/c1-10-4-5-13(18-2)12(8-10)15(14(17)19-3)7-6-11(16)9-15/h4-8H,9H2,1-3H3. The maximum Gasteiger partial charge on any atom is 0.320 e. The van der Waals surface area contributed by atoms with E-state index in [0.717, 1.165) is 5.56 Å². The molecular weight excluding hydrogens is 244 g/mol. The van der Waals surface area contributed by atoms with Gasteiger partial charge in [-0.3, -0.25) is 9.59 Å². The number of methoxy groups -OCH3 is 2. The van der Waals surface area contributed by atoms with Crippen molar-refractivity contribution in [2.45, 2.75) is 18.8 Å². The maximum atomic E-state index is 12.2. The number of rotatable bonds is 3. The first-order chi connectivity index (χ1) is 9.03. The maximum absolute atomic E-state index is 12.2. The molecule has 4 nitrogen and oxygen atoms in total. The largest absolute Gasteiger partial charge is 0.496 e. The Morgan fingerprint density at radius 2 is 2.05 bits per heavy atom. The fourth-order valence-electron chi connectivity index (χ4n) is 2.42. The minimum atomic E-state index is -1.07. The van der Waals surface area contributed by atoms with Crippen LogP contribution in [-0.2, 0) is 19.7 Å². The molecule has 0 aromatic heterocycles. The lowest BCUT2D eigenvalue weighted by molar-refractivity contribution is -0.146. The number of esters is 1. The predicted molar refractivity (Wildman–Crippen MR) is 70.2 cm³/mol. The molecule has 1 aliphatic carbocycles. The van der Waals surface area contributed by atoms with Crippen LogP contribution < -0.4 is 4.74 Å². The first kappa shape index (κ1) is 13.3. The second kappa shape index (κ2) is 4.88. The normalized spacial score (nSPS) is 21.5. The van der Waals surface area contributed by atoms with Gasteiger partial charge in [0.25, 0.3) is 0 Å². The van der Waals surface area contributed by atoms with Gasteiger partial charge in [-0.1, -0.05) is 23.8 Å². The van der Waals surface area contributed by atoms with Crippen LogP contribution in [0.15, 0.2) is 30.4 Å². The van der Waals surface area contributed by atoms with Crippen molar-refractivity contribution >= 4 is 11.8 Å². The Kier molecular flexibility index (Phi) is 3.42. The van der Waals surface area contributed by atoms with Crippen molar-refractivity contribution in [1.82, 2.24) is 0 Å². The average Bonchev–Trinajstić information content (AvgIpc) is 2.81. The Hall–Kier alpha value is -2.10. The van der Waals surface area contributed by atoms with Gasteiger partial charge in [-0.05, 0) is 19.1 Å². The number of carbonyl (C=O) groups excluding carboxylic acids is 2. The summed E-state index contributed by atoms with van der Waals surface area (Å²) in [6.45, 7) is 1.93. The van der Waals surface area contributed by atoms with Crippen molar-refractivity contribution in [3.63, 3.8) is 0 Å². The number of benzene rings is 1. The van der Waals surface area contributed by atoms with E-state index in [9.17, 15) is 9.59 Å². The molecule has 2 rings (SSSR count). The molecule has 0 saturated carbocycles. The minimum Gasteiger partial charge on any atom is -0.496 e. The van der Waals surface area contributed by atoms with E-state index in [4.69, 9.17) is 9.47 Å². The Bertz CT molecular complexity index is 559. The van der Waals surface area contributed by atoms with Crippen molar-refractivity contribution in [1.29, 1.82) is 0 Å². The molecule has 0 bridgehead atoms. The van der Waals surface area contributed by atoms with Crippen LogP contribution in [0.1, 0.15) is 17.5 Å². The topological polar surface area (TPSA) is 52.6 Å². The third-order valence-corrected chi connectivity index (χ3v) is 3.39. The van der Waals surface area contributed by atoms with Crippen molar-refractivity contribution < 1.29 is 19.1 Å². The van der Waals surface area contributed by atoms with Crippen LogP contribution in [0, 0.1) is 6.92 Å². The lowest BCUT2D eigenvalue weighted by atomic mass is 9.78. The zero-order valence-corrected chi connectivity index (χ0v) is 11.2. The molecule has 0 saturated heterocycles. The highest BCUT2D eigenvalue weighted by Gasteiger charge is 2.45. The number of allylic oxidation sites excluding steroid dienone is 1. The monoisotopic (exact) mass is 260 g/mol. The van der Waals surface area contributed by atoms with Crippen LogP contribution in [0.25, 0.3) is 0 Å². The number of hydrogen-bond donors (Lipinski definition) is 0. The van der Waals surface area contributed by atoms with Crippen molar-refractivity contribution in [2.75, 3.05) is 14.2 Å².